The lowest BCUT2D eigenvalue weighted by molar-refractivity contribution is 0.529. The van der Waals surface area contributed by atoms with Crippen molar-refractivity contribution < 1.29 is 4.42 Å². The van der Waals surface area contributed by atoms with Crippen LogP contribution in [0.1, 0.15) is 4.88 Å². The molecule has 0 atom stereocenters. The van der Waals surface area contributed by atoms with Crippen LogP contribution in [0.3, 0.4) is 0 Å². The van der Waals surface area contributed by atoms with Gasteiger partial charge in [0.2, 0.25) is 0 Å². The maximum absolute atomic E-state index is 5.04. The zero-order valence-electron chi connectivity index (χ0n) is 6.37. The maximum atomic E-state index is 5.04. The first-order valence-corrected chi connectivity index (χ1v) is 5.04. The Kier molecular flexibility index (Phi) is 2.02. The summed E-state index contributed by atoms with van der Waals surface area (Å²) in [6.45, 7) is 2.07. The van der Waals surface area contributed by atoms with Crippen LogP contribution in [0.4, 0.5) is 0 Å². The van der Waals surface area contributed by atoms with E-state index < -0.39 is 0 Å². The van der Waals surface area contributed by atoms with Gasteiger partial charge in [0.15, 0.2) is 0 Å². The molecule has 0 aromatic carbocycles. The van der Waals surface area contributed by atoms with Crippen molar-refractivity contribution in [1.29, 1.82) is 0 Å². The highest BCUT2D eigenvalue weighted by Gasteiger charge is 2.05. The molecule has 12 heavy (non-hydrogen) atoms. The highest BCUT2D eigenvalue weighted by molar-refractivity contribution is 9.10. The van der Waals surface area contributed by atoms with Crippen molar-refractivity contribution in [2.75, 3.05) is 0 Å². The van der Waals surface area contributed by atoms with Gasteiger partial charge in [0.25, 0.3) is 4.80 Å². The molecular formula is C8H6BrNOS. The first-order valence-electron chi connectivity index (χ1n) is 3.43. The van der Waals surface area contributed by atoms with Crippen LogP contribution in [0.5, 0.6) is 0 Å². The molecule has 0 radical (unpaired) electrons. The zero-order valence-corrected chi connectivity index (χ0v) is 8.78. The smallest absolute Gasteiger partial charge is 0.264 e. The van der Waals surface area contributed by atoms with E-state index >= 15 is 0 Å². The van der Waals surface area contributed by atoms with Crippen LogP contribution in [0, 0.1) is 6.92 Å². The minimum Gasteiger partial charge on any atom is -0.439 e. The third-order valence-electron chi connectivity index (χ3n) is 1.47. The van der Waals surface area contributed by atoms with Gasteiger partial charge in [-0.25, -0.2) is 4.98 Å². The average Bonchev–Trinajstić information content (AvgIpc) is 2.58. The van der Waals surface area contributed by atoms with Crippen molar-refractivity contribution in [3.05, 3.63) is 28.1 Å². The average molecular weight is 244 g/mol. The third kappa shape index (κ3) is 1.44. The molecule has 0 bridgehead atoms. The SMILES string of the molecule is Cc1ccc(-c2coc(Br)n2)s1. The van der Waals surface area contributed by atoms with Gasteiger partial charge in [0.05, 0.1) is 4.88 Å². The van der Waals surface area contributed by atoms with Gasteiger partial charge in [0, 0.05) is 20.8 Å². The predicted octanol–water partition coefficient (Wildman–Crippen LogP) is 3.47. The second-order valence-corrected chi connectivity index (χ2v) is 4.36. The van der Waals surface area contributed by atoms with Crippen LogP contribution in [0.2, 0.25) is 0 Å². The quantitative estimate of drug-likeness (QED) is 0.767. The first kappa shape index (κ1) is 8.01. The number of halogens is 1. The molecule has 2 heterocycles. The van der Waals surface area contributed by atoms with E-state index in [0.717, 1.165) is 10.6 Å². The van der Waals surface area contributed by atoms with Crippen LogP contribution in [0.25, 0.3) is 10.6 Å². The molecule has 0 saturated heterocycles. The van der Waals surface area contributed by atoms with Crippen molar-refractivity contribution in [3.63, 3.8) is 0 Å². The molecule has 2 rings (SSSR count). The zero-order chi connectivity index (χ0) is 8.55. The van der Waals surface area contributed by atoms with Crippen molar-refractivity contribution in [2.45, 2.75) is 6.92 Å². The Bertz CT molecular complexity index is 355. The normalized spacial score (nSPS) is 10.5. The molecule has 0 unspecified atom stereocenters. The summed E-state index contributed by atoms with van der Waals surface area (Å²) in [6.07, 6.45) is 1.65. The van der Waals surface area contributed by atoms with Crippen molar-refractivity contribution in [2.24, 2.45) is 0 Å². The van der Waals surface area contributed by atoms with Gasteiger partial charge in [-0.2, -0.15) is 0 Å². The topological polar surface area (TPSA) is 26.0 Å². The van der Waals surface area contributed by atoms with Gasteiger partial charge >= 0.3 is 0 Å². The molecule has 0 amide bonds. The third-order valence-corrected chi connectivity index (χ3v) is 2.86. The molecule has 0 spiro atoms. The molecule has 2 nitrogen and oxygen atoms in total. The summed E-state index contributed by atoms with van der Waals surface area (Å²) in [7, 11) is 0. The summed E-state index contributed by atoms with van der Waals surface area (Å²) in [4.78, 5) is 7.11. The molecule has 4 heteroatoms. The van der Waals surface area contributed by atoms with Gasteiger partial charge in [-0.15, -0.1) is 11.3 Å². The Hall–Kier alpha value is -0.610. The van der Waals surface area contributed by atoms with Crippen LogP contribution in [-0.2, 0) is 0 Å². The van der Waals surface area contributed by atoms with Gasteiger partial charge in [-0.3, -0.25) is 0 Å². The number of hydrogen-bond acceptors (Lipinski definition) is 3. The molecule has 0 N–H and O–H groups in total. The molecular weight excluding hydrogens is 238 g/mol. The summed E-state index contributed by atoms with van der Waals surface area (Å²) in [5.74, 6) is 0. The Morgan fingerprint density at radius 3 is 2.83 bits per heavy atom. The van der Waals surface area contributed by atoms with Crippen LogP contribution in [-0.4, -0.2) is 4.98 Å². The standard InChI is InChI=1S/C8H6BrNOS/c1-5-2-3-7(12-5)6-4-11-8(9)10-6/h2-4H,1H3. The summed E-state index contributed by atoms with van der Waals surface area (Å²) in [5, 5.41) is 0. The van der Waals surface area contributed by atoms with E-state index in [1.807, 2.05) is 6.07 Å². The fourth-order valence-corrected chi connectivity index (χ4v) is 2.04. The second-order valence-electron chi connectivity index (χ2n) is 2.40. The highest BCUT2D eigenvalue weighted by Crippen LogP contribution is 2.27. The van der Waals surface area contributed by atoms with E-state index in [-0.39, 0.29) is 0 Å². The number of rotatable bonds is 1. The van der Waals surface area contributed by atoms with E-state index in [0.29, 0.717) is 4.80 Å². The van der Waals surface area contributed by atoms with Gasteiger partial charge < -0.3 is 4.42 Å². The minimum absolute atomic E-state index is 0.531. The lowest BCUT2D eigenvalue weighted by Crippen LogP contribution is -1.67. The molecule has 0 aliphatic carbocycles. The Morgan fingerprint density at radius 1 is 1.50 bits per heavy atom. The Balaban J connectivity index is 2.43. The largest absolute Gasteiger partial charge is 0.439 e. The number of aromatic nitrogens is 1. The molecule has 0 saturated carbocycles. The number of hydrogen-bond donors (Lipinski definition) is 0. The summed E-state index contributed by atoms with van der Waals surface area (Å²) >= 11 is 4.87. The van der Waals surface area contributed by atoms with E-state index in [1.54, 1.807) is 17.6 Å². The van der Waals surface area contributed by atoms with E-state index in [9.17, 15) is 0 Å². The fourth-order valence-electron chi connectivity index (χ4n) is 0.937. The Morgan fingerprint density at radius 2 is 2.33 bits per heavy atom. The monoisotopic (exact) mass is 243 g/mol. The van der Waals surface area contributed by atoms with Crippen molar-refractivity contribution in [1.82, 2.24) is 4.98 Å². The second kappa shape index (κ2) is 3.03. The minimum atomic E-state index is 0.531. The van der Waals surface area contributed by atoms with E-state index in [2.05, 4.69) is 33.9 Å². The fraction of sp³-hybridized carbons (Fsp3) is 0.125. The maximum Gasteiger partial charge on any atom is 0.264 e. The summed E-state index contributed by atoms with van der Waals surface area (Å²) in [5.41, 5.74) is 0.889. The van der Waals surface area contributed by atoms with E-state index in [4.69, 9.17) is 4.42 Å². The number of aryl methyl sites for hydroxylation is 1. The predicted molar refractivity (Wildman–Crippen MR) is 52.3 cm³/mol. The summed E-state index contributed by atoms with van der Waals surface area (Å²) in [6, 6.07) is 4.12. The highest BCUT2D eigenvalue weighted by atomic mass is 79.9. The van der Waals surface area contributed by atoms with E-state index in [1.165, 1.54) is 4.88 Å². The number of nitrogens with zero attached hydrogens (tertiary/aromatic N) is 1. The van der Waals surface area contributed by atoms with Gasteiger partial charge in [-0.05, 0) is 19.1 Å². The molecule has 62 valence electrons. The van der Waals surface area contributed by atoms with Gasteiger partial charge in [0.1, 0.15) is 12.0 Å². The first-order chi connectivity index (χ1) is 5.75. The summed E-state index contributed by atoms with van der Waals surface area (Å²) < 4.78 is 5.04. The molecule has 2 aromatic rings. The molecule has 0 fully saturated rings. The van der Waals surface area contributed by atoms with Gasteiger partial charge in [-0.1, -0.05) is 0 Å². The van der Waals surface area contributed by atoms with Crippen LogP contribution in [0.15, 0.2) is 27.6 Å². The lowest BCUT2D eigenvalue weighted by atomic mass is 10.4. The number of oxazole rings is 1. The molecule has 2 aromatic heterocycles. The molecule has 0 aliphatic rings. The Labute approximate surface area is 82.4 Å². The van der Waals surface area contributed by atoms with Crippen molar-refractivity contribution in [3.8, 4) is 10.6 Å². The van der Waals surface area contributed by atoms with Crippen molar-refractivity contribution >= 4 is 27.3 Å². The molecule has 0 aliphatic heterocycles. The number of thiophene rings is 1. The van der Waals surface area contributed by atoms with Crippen LogP contribution >= 0.6 is 27.3 Å². The van der Waals surface area contributed by atoms with Crippen LogP contribution < -0.4 is 0 Å². The lowest BCUT2D eigenvalue weighted by Gasteiger charge is -1.83.